The number of ketones is 1. The van der Waals surface area contributed by atoms with Gasteiger partial charge < -0.3 is 10.1 Å². The van der Waals surface area contributed by atoms with Gasteiger partial charge in [0.05, 0.1) is 18.0 Å². The molecule has 29 heavy (non-hydrogen) atoms. The molecule has 2 aromatic carbocycles. The Kier molecular flexibility index (Phi) is 6.39. The van der Waals surface area contributed by atoms with Crippen molar-refractivity contribution in [2.45, 2.75) is 26.7 Å². The Balaban J connectivity index is 1.61. The normalized spacial score (nSPS) is 10.6. The SMILES string of the molecule is CCOc1ccc(C(=O)CCC(=O)Nc2cc(C)nn2-c2ccc(F)cc2)cc1. The minimum Gasteiger partial charge on any atom is -0.494 e. The van der Waals surface area contributed by atoms with Crippen molar-refractivity contribution in [2.75, 3.05) is 11.9 Å². The molecule has 0 radical (unpaired) electrons. The number of hydrogen-bond acceptors (Lipinski definition) is 4. The molecule has 0 bridgehead atoms. The molecule has 0 aliphatic heterocycles. The molecular weight excluding hydrogens is 373 g/mol. The Morgan fingerprint density at radius 1 is 1.07 bits per heavy atom. The summed E-state index contributed by atoms with van der Waals surface area (Å²) < 4.78 is 20.0. The summed E-state index contributed by atoms with van der Waals surface area (Å²) in [7, 11) is 0. The molecular formula is C22H22FN3O3. The average molecular weight is 395 g/mol. The van der Waals surface area contributed by atoms with E-state index in [2.05, 4.69) is 10.4 Å². The highest BCUT2D eigenvalue weighted by molar-refractivity contribution is 6.00. The summed E-state index contributed by atoms with van der Waals surface area (Å²) >= 11 is 0. The first-order chi connectivity index (χ1) is 14.0. The third-order valence-electron chi connectivity index (χ3n) is 4.24. The fraction of sp³-hybridized carbons (Fsp3) is 0.227. The molecule has 3 rings (SSSR count). The Morgan fingerprint density at radius 2 is 1.76 bits per heavy atom. The predicted molar refractivity (Wildman–Crippen MR) is 108 cm³/mol. The molecule has 0 atom stereocenters. The average Bonchev–Trinajstić information content (AvgIpc) is 3.07. The van der Waals surface area contributed by atoms with Gasteiger partial charge >= 0.3 is 0 Å². The molecule has 1 amide bonds. The molecule has 150 valence electrons. The third-order valence-corrected chi connectivity index (χ3v) is 4.24. The summed E-state index contributed by atoms with van der Waals surface area (Å²) in [6.07, 6.45) is 0.128. The molecule has 1 N–H and O–H groups in total. The van der Waals surface area contributed by atoms with E-state index in [9.17, 15) is 14.0 Å². The van der Waals surface area contributed by atoms with E-state index in [1.807, 2.05) is 6.92 Å². The zero-order valence-corrected chi connectivity index (χ0v) is 16.3. The number of Topliss-reactive ketones (excluding diaryl/α,β-unsaturated/α-hetero) is 1. The Hall–Kier alpha value is -3.48. The molecule has 0 saturated carbocycles. The van der Waals surface area contributed by atoms with Gasteiger partial charge in [-0.3, -0.25) is 9.59 Å². The topological polar surface area (TPSA) is 73.2 Å². The lowest BCUT2D eigenvalue weighted by molar-refractivity contribution is -0.116. The maximum atomic E-state index is 13.2. The number of ether oxygens (including phenoxy) is 1. The van der Waals surface area contributed by atoms with E-state index >= 15 is 0 Å². The van der Waals surface area contributed by atoms with E-state index in [0.29, 0.717) is 35.1 Å². The molecule has 0 unspecified atom stereocenters. The Morgan fingerprint density at radius 3 is 2.41 bits per heavy atom. The zero-order valence-electron chi connectivity index (χ0n) is 16.3. The van der Waals surface area contributed by atoms with Crippen LogP contribution in [0, 0.1) is 12.7 Å². The van der Waals surface area contributed by atoms with Crippen molar-refractivity contribution in [3.05, 3.63) is 71.7 Å². The molecule has 0 fully saturated rings. The van der Waals surface area contributed by atoms with Crippen LogP contribution in [0.2, 0.25) is 0 Å². The first-order valence-corrected chi connectivity index (χ1v) is 9.35. The first-order valence-electron chi connectivity index (χ1n) is 9.35. The molecule has 0 saturated heterocycles. The van der Waals surface area contributed by atoms with E-state index in [1.165, 1.54) is 16.8 Å². The minimum absolute atomic E-state index is 0.0414. The van der Waals surface area contributed by atoms with Gasteiger partial charge in [-0.15, -0.1) is 0 Å². The van der Waals surface area contributed by atoms with E-state index < -0.39 is 0 Å². The van der Waals surface area contributed by atoms with Crippen LogP contribution in [-0.4, -0.2) is 28.1 Å². The quantitative estimate of drug-likeness (QED) is 0.577. The summed E-state index contributed by atoms with van der Waals surface area (Å²) in [5.41, 5.74) is 1.86. The van der Waals surface area contributed by atoms with Crippen molar-refractivity contribution < 1.29 is 18.7 Å². The van der Waals surface area contributed by atoms with Crippen LogP contribution in [0.1, 0.15) is 35.8 Å². The fourth-order valence-electron chi connectivity index (χ4n) is 2.85. The summed E-state index contributed by atoms with van der Waals surface area (Å²) in [5.74, 6) is 0.397. The van der Waals surface area contributed by atoms with Crippen molar-refractivity contribution >= 4 is 17.5 Å². The van der Waals surface area contributed by atoms with Gasteiger partial charge in [-0.05, 0) is 62.4 Å². The van der Waals surface area contributed by atoms with Crippen LogP contribution in [0.5, 0.6) is 5.75 Å². The summed E-state index contributed by atoms with van der Waals surface area (Å²) in [6, 6.07) is 14.4. The monoisotopic (exact) mass is 395 g/mol. The number of anilines is 1. The third kappa shape index (κ3) is 5.28. The molecule has 1 aromatic heterocycles. The second-order valence-electron chi connectivity index (χ2n) is 6.49. The van der Waals surface area contributed by atoms with Gasteiger partial charge in [0.15, 0.2) is 5.78 Å². The number of rotatable bonds is 8. The molecule has 0 spiro atoms. The maximum Gasteiger partial charge on any atom is 0.225 e. The van der Waals surface area contributed by atoms with Crippen molar-refractivity contribution in [1.29, 1.82) is 0 Å². The number of hydrogen-bond donors (Lipinski definition) is 1. The van der Waals surface area contributed by atoms with Crippen molar-refractivity contribution in [2.24, 2.45) is 0 Å². The van der Waals surface area contributed by atoms with Crippen LogP contribution in [0.15, 0.2) is 54.6 Å². The number of amides is 1. The Labute approximate surface area is 168 Å². The molecule has 1 heterocycles. The van der Waals surface area contributed by atoms with Gasteiger partial charge in [0.1, 0.15) is 17.4 Å². The number of aryl methyl sites for hydroxylation is 1. The molecule has 7 heteroatoms. The fourth-order valence-corrected chi connectivity index (χ4v) is 2.85. The van der Waals surface area contributed by atoms with Gasteiger partial charge in [0, 0.05) is 24.5 Å². The summed E-state index contributed by atoms with van der Waals surface area (Å²) in [4.78, 5) is 24.7. The number of nitrogens with one attached hydrogen (secondary N) is 1. The molecule has 3 aromatic rings. The summed E-state index contributed by atoms with van der Waals surface area (Å²) in [6.45, 7) is 4.24. The number of aromatic nitrogens is 2. The second-order valence-corrected chi connectivity index (χ2v) is 6.49. The van der Waals surface area contributed by atoms with Crippen LogP contribution < -0.4 is 10.1 Å². The molecule has 0 aliphatic carbocycles. The van der Waals surface area contributed by atoms with Crippen LogP contribution in [-0.2, 0) is 4.79 Å². The highest BCUT2D eigenvalue weighted by Crippen LogP contribution is 2.18. The Bertz CT molecular complexity index is 995. The van der Waals surface area contributed by atoms with Gasteiger partial charge in [-0.2, -0.15) is 5.10 Å². The predicted octanol–water partition coefficient (Wildman–Crippen LogP) is 4.32. The number of benzene rings is 2. The van der Waals surface area contributed by atoms with Crippen LogP contribution in [0.3, 0.4) is 0 Å². The molecule has 6 nitrogen and oxygen atoms in total. The minimum atomic E-state index is -0.351. The van der Waals surface area contributed by atoms with Crippen molar-refractivity contribution in [1.82, 2.24) is 9.78 Å². The number of halogens is 1. The van der Waals surface area contributed by atoms with Gasteiger partial charge in [0.2, 0.25) is 5.91 Å². The van der Waals surface area contributed by atoms with Crippen molar-refractivity contribution in [3.8, 4) is 11.4 Å². The highest BCUT2D eigenvalue weighted by atomic mass is 19.1. The standard InChI is InChI=1S/C22H22FN3O3/c1-3-29-19-10-4-16(5-11-19)20(27)12-13-22(28)24-21-14-15(2)25-26(21)18-8-6-17(23)7-9-18/h4-11,14H,3,12-13H2,1-2H3,(H,24,28). The van der Waals surface area contributed by atoms with Crippen LogP contribution >= 0.6 is 0 Å². The zero-order chi connectivity index (χ0) is 20.8. The van der Waals surface area contributed by atoms with E-state index in [0.717, 1.165) is 0 Å². The van der Waals surface area contributed by atoms with E-state index in [-0.39, 0.29) is 30.3 Å². The lowest BCUT2D eigenvalue weighted by Crippen LogP contribution is -2.16. The smallest absolute Gasteiger partial charge is 0.225 e. The van der Waals surface area contributed by atoms with Crippen LogP contribution in [0.25, 0.3) is 5.69 Å². The van der Waals surface area contributed by atoms with Gasteiger partial charge in [-0.25, -0.2) is 9.07 Å². The van der Waals surface area contributed by atoms with E-state index in [1.54, 1.807) is 49.4 Å². The number of carbonyl (C=O) groups is 2. The lowest BCUT2D eigenvalue weighted by Gasteiger charge is -2.09. The van der Waals surface area contributed by atoms with Gasteiger partial charge in [-0.1, -0.05) is 0 Å². The first kappa shape index (κ1) is 20.3. The second kappa shape index (κ2) is 9.14. The van der Waals surface area contributed by atoms with Crippen LogP contribution in [0.4, 0.5) is 10.2 Å². The lowest BCUT2D eigenvalue weighted by atomic mass is 10.1. The highest BCUT2D eigenvalue weighted by Gasteiger charge is 2.13. The van der Waals surface area contributed by atoms with Crippen molar-refractivity contribution in [3.63, 3.8) is 0 Å². The summed E-state index contributed by atoms with van der Waals surface area (Å²) in [5, 5.41) is 7.10. The molecule has 0 aliphatic rings. The number of carbonyl (C=O) groups excluding carboxylic acids is 2. The van der Waals surface area contributed by atoms with Gasteiger partial charge in [0.25, 0.3) is 0 Å². The number of nitrogens with zero attached hydrogens (tertiary/aromatic N) is 2. The van der Waals surface area contributed by atoms with E-state index in [4.69, 9.17) is 4.74 Å². The maximum absolute atomic E-state index is 13.2. The largest absolute Gasteiger partial charge is 0.494 e.